The molecule has 3 aromatic rings. The fourth-order valence-corrected chi connectivity index (χ4v) is 3.29. The van der Waals surface area contributed by atoms with Gasteiger partial charge in [-0.2, -0.15) is 0 Å². The molecule has 0 unspecified atom stereocenters. The zero-order chi connectivity index (χ0) is 17.8. The summed E-state index contributed by atoms with van der Waals surface area (Å²) in [6.45, 7) is 1.99. The van der Waals surface area contributed by atoms with Gasteiger partial charge in [-0.1, -0.05) is 58.0 Å². The zero-order valence-electron chi connectivity index (χ0n) is 13.9. The van der Waals surface area contributed by atoms with Crippen LogP contribution < -0.4 is 5.32 Å². The monoisotopic (exact) mass is 416 g/mol. The van der Waals surface area contributed by atoms with Crippen molar-refractivity contribution in [3.05, 3.63) is 58.6 Å². The molecule has 0 aliphatic rings. The first kappa shape index (κ1) is 17.7. The highest BCUT2D eigenvalue weighted by Crippen LogP contribution is 2.23. The molecule has 7 heteroatoms. The SMILES string of the molecule is Cc1cc(NC(=O)CSc2nnc(-c3ccccc3)n2C)ccc1Br. The molecule has 0 saturated carbocycles. The molecule has 3 rings (SSSR count). The van der Waals surface area contributed by atoms with Gasteiger partial charge in [0.05, 0.1) is 5.75 Å². The third-order valence-corrected chi connectivity index (χ3v) is 5.55. The number of carbonyl (C=O) groups excluding carboxylic acids is 1. The van der Waals surface area contributed by atoms with Crippen LogP contribution in [-0.4, -0.2) is 26.4 Å². The van der Waals surface area contributed by atoms with Crippen molar-refractivity contribution in [2.24, 2.45) is 7.05 Å². The van der Waals surface area contributed by atoms with E-state index in [0.717, 1.165) is 27.1 Å². The Morgan fingerprint density at radius 1 is 1.20 bits per heavy atom. The second kappa shape index (κ2) is 7.84. The number of aromatic nitrogens is 3. The van der Waals surface area contributed by atoms with Gasteiger partial charge in [-0.25, -0.2) is 0 Å². The smallest absolute Gasteiger partial charge is 0.234 e. The molecule has 1 aromatic heterocycles. The van der Waals surface area contributed by atoms with Crippen LogP contribution in [0.3, 0.4) is 0 Å². The standard InChI is InChI=1S/C18H17BrN4OS/c1-12-10-14(8-9-15(12)19)20-16(24)11-25-18-22-21-17(23(18)2)13-6-4-3-5-7-13/h3-10H,11H2,1-2H3,(H,20,24). The molecule has 0 fully saturated rings. The number of nitrogens with zero attached hydrogens (tertiary/aromatic N) is 3. The lowest BCUT2D eigenvalue weighted by atomic mass is 10.2. The van der Waals surface area contributed by atoms with E-state index >= 15 is 0 Å². The molecule has 128 valence electrons. The predicted octanol–water partition coefficient (Wildman–Crippen LogP) is 4.28. The van der Waals surface area contributed by atoms with E-state index in [1.165, 1.54) is 11.8 Å². The van der Waals surface area contributed by atoms with Gasteiger partial charge in [-0.3, -0.25) is 4.79 Å². The molecule has 0 spiro atoms. The second-order valence-corrected chi connectivity index (χ2v) is 7.33. The molecule has 0 bridgehead atoms. The lowest BCUT2D eigenvalue weighted by molar-refractivity contribution is -0.113. The van der Waals surface area contributed by atoms with Gasteiger partial charge < -0.3 is 9.88 Å². The van der Waals surface area contributed by atoms with Crippen molar-refractivity contribution >= 4 is 39.3 Å². The summed E-state index contributed by atoms with van der Waals surface area (Å²) in [6.07, 6.45) is 0. The summed E-state index contributed by atoms with van der Waals surface area (Å²) in [7, 11) is 1.90. The number of thioether (sulfide) groups is 1. The van der Waals surface area contributed by atoms with Crippen LogP contribution in [0.5, 0.6) is 0 Å². The third kappa shape index (κ3) is 4.29. The molecule has 0 saturated heterocycles. The minimum atomic E-state index is -0.0732. The number of rotatable bonds is 5. The number of amides is 1. The number of benzene rings is 2. The van der Waals surface area contributed by atoms with Gasteiger partial charge in [0.1, 0.15) is 0 Å². The highest BCUT2D eigenvalue weighted by Gasteiger charge is 2.13. The van der Waals surface area contributed by atoms with Crippen molar-refractivity contribution in [1.29, 1.82) is 0 Å². The van der Waals surface area contributed by atoms with Gasteiger partial charge in [0.15, 0.2) is 11.0 Å². The largest absolute Gasteiger partial charge is 0.325 e. The van der Waals surface area contributed by atoms with E-state index in [4.69, 9.17) is 0 Å². The molecule has 0 aliphatic carbocycles. The fraction of sp³-hybridized carbons (Fsp3) is 0.167. The van der Waals surface area contributed by atoms with Crippen molar-refractivity contribution in [3.8, 4) is 11.4 Å². The minimum absolute atomic E-state index is 0.0732. The molecule has 1 N–H and O–H groups in total. The van der Waals surface area contributed by atoms with Crippen LogP contribution in [0.2, 0.25) is 0 Å². The molecule has 1 heterocycles. The molecular formula is C18H17BrN4OS. The molecule has 0 aliphatic heterocycles. The summed E-state index contributed by atoms with van der Waals surface area (Å²) < 4.78 is 2.92. The van der Waals surface area contributed by atoms with E-state index in [1.54, 1.807) is 0 Å². The van der Waals surface area contributed by atoms with E-state index in [9.17, 15) is 4.79 Å². The molecule has 2 aromatic carbocycles. The van der Waals surface area contributed by atoms with Crippen LogP contribution in [0.1, 0.15) is 5.56 Å². The second-order valence-electron chi connectivity index (χ2n) is 5.53. The molecule has 0 radical (unpaired) electrons. The van der Waals surface area contributed by atoms with Gasteiger partial charge in [0.25, 0.3) is 0 Å². The maximum atomic E-state index is 12.2. The number of halogens is 1. The Balaban J connectivity index is 1.63. The molecular weight excluding hydrogens is 400 g/mol. The first-order chi connectivity index (χ1) is 12.0. The molecule has 25 heavy (non-hydrogen) atoms. The topological polar surface area (TPSA) is 59.8 Å². The fourth-order valence-electron chi connectivity index (χ4n) is 2.33. The Bertz CT molecular complexity index is 895. The van der Waals surface area contributed by atoms with Crippen LogP contribution in [0.4, 0.5) is 5.69 Å². The first-order valence-corrected chi connectivity index (χ1v) is 9.46. The summed E-state index contributed by atoms with van der Waals surface area (Å²) in [4.78, 5) is 12.2. The van der Waals surface area contributed by atoms with E-state index in [-0.39, 0.29) is 11.7 Å². The number of hydrogen-bond donors (Lipinski definition) is 1. The maximum Gasteiger partial charge on any atom is 0.234 e. The molecule has 5 nitrogen and oxygen atoms in total. The zero-order valence-corrected chi connectivity index (χ0v) is 16.3. The van der Waals surface area contributed by atoms with Crippen LogP contribution in [-0.2, 0) is 11.8 Å². The summed E-state index contributed by atoms with van der Waals surface area (Å²) in [5.74, 6) is 0.985. The van der Waals surface area contributed by atoms with E-state index < -0.39 is 0 Å². The minimum Gasteiger partial charge on any atom is -0.325 e. The first-order valence-electron chi connectivity index (χ1n) is 7.68. The van der Waals surface area contributed by atoms with Crippen molar-refractivity contribution < 1.29 is 4.79 Å². The third-order valence-electron chi connectivity index (χ3n) is 3.64. The van der Waals surface area contributed by atoms with Crippen LogP contribution in [0.15, 0.2) is 58.2 Å². The Kier molecular flexibility index (Phi) is 5.55. The van der Waals surface area contributed by atoms with Crippen molar-refractivity contribution in [3.63, 3.8) is 0 Å². The van der Waals surface area contributed by atoms with Gasteiger partial charge in [0, 0.05) is 22.8 Å². The van der Waals surface area contributed by atoms with Gasteiger partial charge in [0.2, 0.25) is 5.91 Å². The number of aryl methyl sites for hydroxylation is 1. The summed E-state index contributed by atoms with van der Waals surface area (Å²) >= 11 is 4.82. The normalized spacial score (nSPS) is 10.7. The van der Waals surface area contributed by atoms with E-state index in [0.29, 0.717) is 5.16 Å². The predicted molar refractivity (Wildman–Crippen MR) is 105 cm³/mol. The highest BCUT2D eigenvalue weighted by atomic mass is 79.9. The van der Waals surface area contributed by atoms with Crippen LogP contribution in [0, 0.1) is 6.92 Å². The number of anilines is 1. The van der Waals surface area contributed by atoms with Crippen LogP contribution >= 0.6 is 27.7 Å². The van der Waals surface area contributed by atoms with E-state index in [1.807, 2.05) is 67.1 Å². The summed E-state index contributed by atoms with van der Waals surface area (Å²) in [5.41, 5.74) is 2.86. The Morgan fingerprint density at radius 3 is 2.68 bits per heavy atom. The van der Waals surface area contributed by atoms with Crippen molar-refractivity contribution in [2.75, 3.05) is 11.1 Å². The lowest BCUT2D eigenvalue weighted by Gasteiger charge is -2.07. The number of carbonyl (C=O) groups is 1. The van der Waals surface area contributed by atoms with Crippen molar-refractivity contribution in [2.45, 2.75) is 12.1 Å². The summed E-state index contributed by atoms with van der Waals surface area (Å²) in [6, 6.07) is 15.6. The maximum absolute atomic E-state index is 12.2. The number of nitrogens with one attached hydrogen (secondary N) is 1. The average Bonchev–Trinajstić information content (AvgIpc) is 2.98. The van der Waals surface area contributed by atoms with Gasteiger partial charge in [-0.05, 0) is 30.7 Å². The Labute approximate surface area is 159 Å². The van der Waals surface area contributed by atoms with Gasteiger partial charge >= 0.3 is 0 Å². The molecule has 0 atom stereocenters. The average molecular weight is 417 g/mol. The summed E-state index contributed by atoms with van der Waals surface area (Å²) in [5, 5.41) is 12.0. The van der Waals surface area contributed by atoms with Crippen LogP contribution in [0.25, 0.3) is 11.4 Å². The number of hydrogen-bond acceptors (Lipinski definition) is 4. The highest BCUT2D eigenvalue weighted by molar-refractivity contribution is 9.10. The quantitative estimate of drug-likeness (QED) is 0.630. The van der Waals surface area contributed by atoms with Crippen molar-refractivity contribution in [1.82, 2.24) is 14.8 Å². The lowest BCUT2D eigenvalue weighted by Crippen LogP contribution is -2.14. The van der Waals surface area contributed by atoms with E-state index in [2.05, 4.69) is 31.4 Å². The Hall–Kier alpha value is -2.12. The Morgan fingerprint density at radius 2 is 1.96 bits per heavy atom. The molecule has 1 amide bonds. The van der Waals surface area contributed by atoms with Gasteiger partial charge in [-0.15, -0.1) is 10.2 Å².